The van der Waals surface area contributed by atoms with Crippen LogP contribution in [0.4, 0.5) is 5.69 Å². The van der Waals surface area contributed by atoms with Crippen LogP contribution in [0, 0.1) is 14.9 Å². The second-order valence-corrected chi connectivity index (χ2v) is 9.09. The van der Waals surface area contributed by atoms with Crippen molar-refractivity contribution in [2.24, 2.45) is 0 Å². The van der Waals surface area contributed by atoms with Gasteiger partial charge in [-0.2, -0.15) is 5.26 Å². The summed E-state index contributed by atoms with van der Waals surface area (Å²) in [5, 5.41) is 13.6. The van der Waals surface area contributed by atoms with Crippen LogP contribution in [0.15, 0.2) is 60.2 Å². The number of carbonyl (C=O) groups is 1. The molecule has 0 fully saturated rings. The van der Waals surface area contributed by atoms with E-state index in [2.05, 4.69) is 27.9 Å². The van der Waals surface area contributed by atoms with E-state index in [0.29, 0.717) is 38.5 Å². The van der Waals surface area contributed by atoms with Gasteiger partial charge in [-0.3, -0.25) is 4.79 Å². The molecular weight excluding hydrogens is 582 g/mol. The molecule has 0 atom stereocenters. The predicted molar refractivity (Wildman–Crippen MR) is 139 cm³/mol. The fourth-order valence-electron chi connectivity index (χ4n) is 2.99. The number of nitrogens with zero attached hydrogens (tertiary/aromatic N) is 1. The second kappa shape index (κ2) is 11.1. The highest BCUT2D eigenvalue weighted by Crippen LogP contribution is 2.31. The van der Waals surface area contributed by atoms with Crippen molar-refractivity contribution in [3.8, 4) is 11.8 Å². The summed E-state index contributed by atoms with van der Waals surface area (Å²) in [5.74, 6) is 0.0882. The Hall–Kier alpha value is -2.24. The van der Waals surface area contributed by atoms with Crippen molar-refractivity contribution in [1.82, 2.24) is 0 Å². The van der Waals surface area contributed by atoms with Gasteiger partial charge in [0.25, 0.3) is 5.91 Å². The summed E-state index contributed by atoms with van der Waals surface area (Å²) < 4.78 is 6.51. The van der Waals surface area contributed by atoms with Crippen LogP contribution in [0.3, 0.4) is 0 Å². The van der Waals surface area contributed by atoms with Crippen LogP contribution in [0.2, 0.25) is 15.1 Å². The summed E-state index contributed by atoms with van der Waals surface area (Å²) in [7, 11) is 1.58. The van der Waals surface area contributed by atoms with Crippen LogP contribution in [0.5, 0.6) is 5.75 Å². The number of ether oxygens (including phenoxy) is 1. The first-order valence-electron chi connectivity index (χ1n) is 9.30. The standard InChI is InChI=1S/C24H16Cl3IN2O2/c1-32-23-10-14(9-22(28)18(23)11-15-4-2-3-5-19(15)25)8-16(13-29)24(31)30-17-6-7-20(26)21(27)12-17/h2-10,12H,11H2,1H3,(H,30,31)/b16-8+. The number of rotatable bonds is 6. The zero-order chi connectivity index (χ0) is 23.3. The minimum absolute atomic E-state index is 0.0622. The van der Waals surface area contributed by atoms with Crippen LogP contribution >= 0.6 is 57.4 Å². The number of amides is 1. The van der Waals surface area contributed by atoms with Crippen LogP contribution in [-0.2, 0) is 11.2 Å². The summed E-state index contributed by atoms with van der Waals surface area (Å²) in [6, 6.07) is 17.9. The van der Waals surface area contributed by atoms with Gasteiger partial charge in [0.1, 0.15) is 17.4 Å². The van der Waals surface area contributed by atoms with Crippen molar-refractivity contribution < 1.29 is 9.53 Å². The van der Waals surface area contributed by atoms with Gasteiger partial charge < -0.3 is 10.1 Å². The Bertz CT molecular complexity index is 1250. The molecular formula is C24H16Cl3IN2O2. The van der Waals surface area contributed by atoms with Crippen molar-refractivity contribution in [2.75, 3.05) is 12.4 Å². The van der Waals surface area contributed by atoms with E-state index in [1.54, 1.807) is 25.3 Å². The average Bonchev–Trinajstić information content (AvgIpc) is 2.77. The quantitative estimate of drug-likeness (QED) is 0.183. The molecule has 3 aromatic rings. The summed E-state index contributed by atoms with van der Waals surface area (Å²) in [6.45, 7) is 0. The monoisotopic (exact) mass is 596 g/mol. The van der Waals surface area contributed by atoms with Crippen molar-refractivity contribution in [3.05, 3.63) is 95.5 Å². The van der Waals surface area contributed by atoms with Crippen LogP contribution < -0.4 is 10.1 Å². The molecule has 0 aliphatic carbocycles. The number of methoxy groups -OCH3 is 1. The van der Waals surface area contributed by atoms with Gasteiger partial charge in [-0.25, -0.2) is 0 Å². The van der Waals surface area contributed by atoms with Gasteiger partial charge >= 0.3 is 0 Å². The molecule has 32 heavy (non-hydrogen) atoms. The van der Waals surface area contributed by atoms with Crippen molar-refractivity contribution in [3.63, 3.8) is 0 Å². The summed E-state index contributed by atoms with van der Waals surface area (Å²) in [5.41, 5.74) is 2.99. The van der Waals surface area contributed by atoms with Crippen molar-refractivity contribution in [2.45, 2.75) is 6.42 Å². The third kappa shape index (κ3) is 5.96. The minimum Gasteiger partial charge on any atom is -0.496 e. The predicted octanol–water partition coefficient (Wildman–Crippen LogP) is 7.40. The topological polar surface area (TPSA) is 62.1 Å². The molecule has 1 N–H and O–H groups in total. The maximum atomic E-state index is 12.6. The summed E-state index contributed by atoms with van der Waals surface area (Å²) in [6.07, 6.45) is 2.10. The number of hydrogen-bond donors (Lipinski definition) is 1. The van der Waals surface area contributed by atoms with E-state index in [0.717, 1.165) is 14.7 Å². The lowest BCUT2D eigenvalue weighted by molar-refractivity contribution is -0.112. The molecule has 0 heterocycles. The van der Waals surface area contributed by atoms with Gasteiger partial charge in [0.2, 0.25) is 0 Å². The van der Waals surface area contributed by atoms with Gasteiger partial charge in [-0.15, -0.1) is 0 Å². The zero-order valence-electron chi connectivity index (χ0n) is 16.8. The molecule has 0 bridgehead atoms. The minimum atomic E-state index is -0.556. The highest BCUT2D eigenvalue weighted by molar-refractivity contribution is 14.1. The lowest BCUT2D eigenvalue weighted by Gasteiger charge is -2.13. The number of halogens is 4. The second-order valence-electron chi connectivity index (χ2n) is 6.70. The summed E-state index contributed by atoms with van der Waals surface area (Å²) in [4.78, 5) is 12.6. The van der Waals surface area contributed by atoms with Crippen molar-refractivity contribution in [1.29, 1.82) is 5.26 Å². The molecule has 0 saturated carbocycles. The zero-order valence-corrected chi connectivity index (χ0v) is 21.2. The molecule has 0 spiro atoms. The van der Waals surface area contributed by atoms with E-state index in [1.807, 2.05) is 36.4 Å². The molecule has 0 saturated heterocycles. The number of anilines is 1. The first-order valence-corrected chi connectivity index (χ1v) is 11.5. The Balaban J connectivity index is 1.89. The Morgan fingerprint density at radius 1 is 1.09 bits per heavy atom. The molecule has 0 radical (unpaired) electrons. The normalized spacial score (nSPS) is 11.1. The third-order valence-corrected chi connectivity index (χ3v) is 6.65. The SMILES string of the molecule is COc1cc(/C=C(\C#N)C(=O)Nc2ccc(Cl)c(Cl)c2)cc(I)c1Cc1ccccc1Cl. The lowest BCUT2D eigenvalue weighted by atomic mass is 10.0. The molecule has 0 unspecified atom stereocenters. The molecule has 0 aromatic heterocycles. The molecule has 8 heteroatoms. The number of carbonyl (C=O) groups excluding carboxylic acids is 1. The third-order valence-electron chi connectivity index (χ3n) is 4.58. The molecule has 0 aliphatic heterocycles. The van der Waals surface area contributed by atoms with Crippen molar-refractivity contribution >= 4 is 75.1 Å². The number of nitriles is 1. The van der Waals surface area contributed by atoms with Gasteiger partial charge in [-0.1, -0.05) is 53.0 Å². The van der Waals surface area contributed by atoms with E-state index < -0.39 is 5.91 Å². The highest BCUT2D eigenvalue weighted by atomic mass is 127. The lowest BCUT2D eigenvalue weighted by Crippen LogP contribution is -2.13. The number of hydrogen-bond acceptors (Lipinski definition) is 3. The Labute approximate surface area is 214 Å². The smallest absolute Gasteiger partial charge is 0.266 e. The Morgan fingerprint density at radius 3 is 2.50 bits per heavy atom. The van der Waals surface area contributed by atoms with E-state index in [4.69, 9.17) is 39.5 Å². The van der Waals surface area contributed by atoms with Crippen LogP contribution in [0.25, 0.3) is 6.08 Å². The fraction of sp³-hybridized carbons (Fsp3) is 0.0833. The highest BCUT2D eigenvalue weighted by Gasteiger charge is 2.15. The maximum Gasteiger partial charge on any atom is 0.266 e. The first-order chi connectivity index (χ1) is 15.3. The maximum absolute atomic E-state index is 12.6. The van der Waals surface area contributed by atoms with E-state index in [-0.39, 0.29) is 5.57 Å². The molecule has 3 rings (SSSR count). The van der Waals surface area contributed by atoms with Gasteiger partial charge in [-0.05, 0) is 76.2 Å². The molecule has 162 valence electrons. The average molecular weight is 598 g/mol. The number of benzene rings is 3. The Kier molecular flexibility index (Phi) is 8.44. The van der Waals surface area contributed by atoms with Gasteiger partial charge in [0, 0.05) is 26.3 Å². The van der Waals surface area contributed by atoms with Crippen LogP contribution in [-0.4, -0.2) is 13.0 Å². The molecule has 1 amide bonds. The van der Waals surface area contributed by atoms with Crippen LogP contribution in [0.1, 0.15) is 16.7 Å². The van der Waals surface area contributed by atoms with E-state index >= 15 is 0 Å². The fourth-order valence-corrected chi connectivity index (χ4v) is 4.30. The van der Waals surface area contributed by atoms with Gasteiger partial charge in [0.15, 0.2) is 0 Å². The van der Waals surface area contributed by atoms with E-state index in [1.165, 1.54) is 12.1 Å². The molecule has 3 aromatic carbocycles. The molecule has 0 aliphatic rings. The summed E-state index contributed by atoms with van der Waals surface area (Å²) >= 11 is 20.4. The largest absolute Gasteiger partial charge is 0.496 e. The van der Waals surface area contributed by atoms with E-state index in [9.17, 15) is 10.1 Å². The first kappa shape index (κ1) is 24.4. The molecule has 4 nitrogen and oxygen atoms in total. The Morgan fingerprint density at radius 2 is 1.84 bits per heavy atom. The van der Waals surface area contributed by atoms with Gasteiger partial charge in [0.05, 0.1) is 17.2 Å². The number of nitrogens with one attached hydrogen (secondary N) is 1.